The fourth-order valence-electron chi connectivity index (χ4n) is 3.19. The predicted octanol–water partition coefficient (Wildman–Crippen LogP) is 3.51. The molecule has 24 heavy (non-hydrogen) atoms. The van der Waals surface area contributed by atoms with E-state index >= 15 is 0 Å². The van der Waals surface area contributed by atoms with Crippen LogP contribution in [0.15, 0.2) is 36.4 Å². The monoisotopic (exact) mass is 347 g/mol. The van der Waals surface area contributed by atoms with E-state index in [4.69, 9.17) is 11.6 Å². The third-order valence-electron chi connectivity index (χ3n) is 4.26. The van der Waals surface area contributed by atoms with E-state index in [9.17, 15) is 19.1 Å². The molecule has 0 saturated heterocycles. The summed E-state index contributed by atoms with van der Waals surface area (Å²) >= 11 is 5.94. The molecule has 0 radical (unpaired) electrons. The van der Waals surface area contributed by atoms with Crippen LogP contribution in [0.25, 0.3) is 0 Å². The van der Waals surface area contributed by atoms with Crippen LogP contribution < -0.4 is 0 Å². The highest BCUT2D eigenvalue weighted by molar-refractivity contribution is 6.30. The molecule has 1 aliphatic rings. The van der Waals surface area contributed by atoms with Gasteiger partial charge in [-0.3, -0.25) is 4.79 Å². The van der Waals surface area contributed by atoms with Crippen LogP contribution in [-0.2, 0) is 11.2 Å². The van der Waals surface area contributed by atoms with Gasteiger partial charge in [0.1, 0.15) is 17.9 Å². The molecule has 1 atom stereocenters. The van der Waals surface area contributed by atoms with Crippen LogP contribution in [-0.4, -0.2) is 28.7 Å². The number of hydrogen-bond donors (Lipinski definition) is 1. The van der Waals surface area contributed by atoms with E-state index in [-0.39, 0.29) is 22.9 Å². The highest BCUT2D eigenvalue weighted by Crippen LogP contribution is 2.39. The molecule has 1 unspecified atom stereocenters. The normalized spacial score (nSPS) is 15.8. The Morgan fingerprint density at radius 2 is 2.12 bits per heavy atom. The predicted molar refractivity (Wildman–Crippen MR) is 87.7 cm³/mol. The number of rotatable bonds is 4. The molecular formula is C18H15ClFNO3. The van der Waals surface area contributed by atoms with Crippen LogP contribution in [0, 0.1) is 5.82 Å². The van der Waals surface area contributed by atoms with Gasteiger partial charge in [-0.2, -0.15) is 0 Å². The van der Waals surface area contributed by atoms with Crippen molar-refractivity contribution in [2.45, 2.75) is 18.9 Å². The summed E-state index contributed by atoms with van der Waals surface area (Å²) in [6.45, 7) is -0.147. The van der Waals surface area contributed by atoms with Gasteiger partial charge in [0.05, 0.1) is 18.2 Å². The molecule has 1 N–H and O–H groups in total. The molecule has 0 bridgehead atoms. The van der Waals surface area contributed by atoms with E-state index in [1.165, 1.54) is 23.1 Å². The van der Waals surface area contributed by atoms with Crippen molar-refractivity contribution in [3.63, 3.8) is 0 Å². The second kappa shape index (κ2) is 6.61. The quantitative estimate of drug-likeness (QED) is 0.861. The average molecular weight is 348 g/mol. The number of aromatic hydroxyl groups is 1. The van der Waals surface area contributed by atoms with E-state index in [0.717, 1.165) is 0 Å². The maximum atomic E-state index is 14.1. The van der Waals surface area contributed by atoms with Crippen LogP contribution in [0.1, 0.15) is 33.9 Å². The van der Waals surface area contributed by atoms with E-state index in [1.54, 1.807) is 18.2 Å². The van der Waals surface area contributed by atoms with Crippen molar-refractivity contribution in [2.24, 2.45) is 0 Å². The third-order valence-corrected chi connectivity index (χ3v) is 4.48. The molecule has 0 fully saturated rings. The van der Waals surface area contributed by atoms with E-state index < -0.39 is 17.8 Å². The summed E-state index contributed by atoms with van der Waals surface area (Å²) in [5, 5.41) is 10.2. The zero-order valence-corrected chi connectivity index (χ0v) is 13.5. The maximum Gasteiger partial charge on any atom is 0.258 e. The van der Waals surface area contributed by atoms with Gasteiger partial charge in [-0.05, 0) is 48.2 Å². The fourth-order valence-corrected chi connectivity index (χ4v) is 3.40. The average Bonchev–Trinajstić information content (AvgIpc) is 2.96. The van der Waals surface area contributed by atoms with Gasteiger partial charge in [0.25, 0.3) is 5.91 Å². The second-order valence-corrected chi connectivity index (χ2v) is 6.09. The van der Waals surface area contributed by atoms with E-state index in [0.29, 0.717) is 30.3 Å². The van der Waals surface area contributed by atoms with Crippen molar-refractivity contribution in [3.05, 3.63) is 63.9 Å². The summed E-state index contributed by atoms with van der Waals surface area (Å²) in [5.74, 6) is -1.03. The number of halogens is 2. The Bertz CT molecular complexity index is 809. The van der Waals surface area contributed by atoms with E-state index in [1.807, 2.05) is 0 Å². The molecule has 0 saturated carbocycles. The molecule has 1 aliphatic carbocycles. The summed E-state index contributed by atoms with van der Waals surface area (Å²) in [6.07, 6.45) is 1.59. The number of amides is 1. The van der Waals surface area contributed by atoms with Crippen molar-refractivity contribution in [1.29, 1.82) is 0 Å². The highest BCUT2D eigenvalue weighted by Gasteiger charge is 2.34. The summed E-state index contributed by atoms with van der Waals surface area (Å²) in [7, 11) is 0. The Hall–Kier alpha value is -2.40. The number of hydrogen-bond acceptors (Lipinski definition) is 3. The number of phenolic OH excluding ortho intramolecular Hbond substituents is 1. The second-order valence-electron chi connectivity index (χ2n) is 5.65. The van der Waals surface area contributed by atoms with Gasteiger partial charge in [-0.25, -0.2) is 4.39 Å². The van der Waals surface area contributed by atoms with Gasteiger partial charge in [0, 0.05) is 5.02 Å². The first-order valence-corrected chi connectivity index (χ1v) is 7.91. The van der Waals surface area contributed by atoms with Crippen LogP contribution in [0.2, 0.25) is 5.02 Å². The summed E-state index contributed by atoms with van der Waals surface area (Å²) in [4.78, 5) is 25.2. The summed E-state index contributed by atoms with van der Waals surface area (Å²) in [5.41, 5.74) is 1.24. The maximum absolute atomic E-state index is 14.1. The minimum atomic E-state index is -0.474. The van der Waals surface area contributed by atoms with Gasteiger partial charge in [0.2, 0.25) is 0 Å². The number of nitrogens with zero attached hydrogens (tertiary/aromatic N) is 1. The number of phenols is 1. The molecule has 0 spiro atoms. The lowest BCUT2D eigenvalue weighted by Gasteiger charge is -2.28. The molecule has 4 nitrogen and oxygen atoms in total. The number of carbonyl (C=O) groups is 2. The first-order valence-electron chi connectivity index (χ1n) is 7.53. The van der Waals surface area contributed by atoms with Crippen LogP contribution in [0.3, 0.4) is 0 Å². The smallest absolute Gasteiger partial charge is 0.258 e. The molecule has 3 rings (SSSR count). The van der Waals surface area contributed by atoms with Crippen LogP contribution >= 0.6 is 11.6 Å². The number of benzene rings is 2. The van der Waals surface area contributed by atoms with Gasteiger partial charge in [-0.15, -0.1) is 0 Å². The molecule has 2 aromatic rings. The van der Waals surface area contributed by atoms with Gasteiger partial charge in [-0.1, -0.05) is 23.7 Å². The first-order chi connectivity index (χ1) is 11.5. The van der Waals surface area contributed by atoms with Gasteiger partial charge in [0.15, 0.2) is 0 Å². The Labute approximate surface area is 143 Å². The van der Waals surface area contributed by atoms with Crippen molar-refractivity contribution in [1.82, 2.24) is 4.90 Å². The highest BCUT2D eigenvalue weighted by atomic mass is 35.5. The zero-order chi connectivity index (χ0) is 17.3. The molecule has 0 aliphatic heterocycles. The lowest BCUT2D eigenvalue weighted by Crippen LogP contribution is -2.35. The number of aldehydes is 1. The van der Waals surface area contributed by atoms with Crippen molar-refractivity contribution in [3.8, 4) is 5.75 Å². The fraction of sp³-hybridized carbons (Fsp3) is 0.222. The molecule has 124 valence electrons. The summed E-state index contributed by atoms with van der Waals surface area (Å²) < 4.78 is 14.1. The zero-order valence-electron chi connectivity index (χ0n) is 12.7. The molecule has 2 aromatic carbocycles. The molecule has 0 aromatic heterocycles. The lowest BCUT2D eigenvalue weighted by molar-refractivity contribution is -0.108. The Morgan fingerprint density at radius 3 is 2.83 bits per heavy atom. The molecule has 0 heterocycles. The molecule has 6 heteroatoms. The van der Waals surface area contributed by atoms with Gasteiger partial charge >= 0.3 is 0 Å². The third kappa shape index (κ3) is 2.87. The van der Waals surface area contributed by atoms with Crippen molar-refractivity contribution < 1.29 is 19.1 Å². The van der Waals surface area contributed by atoms with Crippen LogP contribution in [0.4, 0.5) is 4.39 Å². The molecular weight excluding hydrogens is 333 g/mol. The molecule has 1 amide bonds. The van der Waals surface area contributed by atoms with Gasteiger partial charge < -0.3 is 14.8 Å². The first kappa shape index (κ1) is 16.5. The van der Waals surface area contributed by atoms with Crippen molar-refractivity contribution >= 4 is 23.8 Å². The van der Waals surface area contributed by atoms with E-state index in [2.05, 4.69) is 0 Å². The SMILES string of the molecule is O=CCN(C(=O)c1ccccc1O)C1CCc2c(F)cc(Cl)cc21. The van der Waals surface area contributed by atoms with Crippen molar-refractivity contribution in [2.75, 3.05) is 6.54 Å². The summed E-state index contributed by atoms with van der Waals surface area (Å²) in [6, 6.07) is 8.56. The van der Waals surface area contributed by atoms with Crippen LogP contribution in [0.5, 0.6) is 5.75 Å². The number of para-hydroxylation sites is 1. The Balaban J connectivity index is 2.01. The Morgan fingerprint density at radius 1 is 1.38 bits per heavy atom. The minimum absolute atomic E-state index is 0.107. The number of fused-ring (bicyclic) bond motifs is 1. The Kier molecular flexibility index (Phi) is 4.53. The standard InChI is InChI=1S/C18H15ClFNO3/c19-11-9-14-12(15(20)10-11)5-6-16(14)21(7-8-22)18(24)13-3-1-2-4-17(13)23/h1-4,8-10,16,23H,5-7H2. The largest absolute Gasteiger partial charge is 0.507 e. The minimum Gasteiger partial charge on any atom is -0.507 e. The number of carbonyl (C=O) groups excluding carboxylic acids is 2. The topological polar surface area (TPSA) is 57.6 Å². The lowest BCUT2D eigenvalue weighted by atomic mass is 10.0.